The number of pyridine rings is 1. The van der Waals surface area contributed by atoms with Gasteiger partial charge in [-0.25, -0.2) is 13.3 Å². The number of rotatable bonds is 4. The monoisotopic (exact) mass is 462 g/mol. The number of anilines is 1. The van der Waals surface area contributed by atoms with Crippen molar-refractivity contribution in [1.82, 2.24) is 24.7 Å². The second-order valence-electron chi connectivity index (χ2n) is 9.00. The molecule has 2 aliphatic heterocycles. The van der Waals surface area contributed by atoms with Gasteiger partial charge in [0.1, 0.15) is 11.6 Å². The second kappa shape index (κ2) is 8.23. The molecular weight excluding hydrogens is 438 g/mol. The topological polar surface area (TPSA) is 67.5 Å². The maximum absolute atomic E-state index is 14.5. The molecule has 2 aliphatic rings. The van der Waals surface area contributed by atoms with Crippen LogP contribution in [-0.2, 0) is 13.0 Å². The van der Waals surface area contributed by atoms with Crippen LogP contribution in [0.2, 0.25) is 0 Å². The largest absolute Gasteiger partial charge is 0.364 e. The third kappa shape index (κ3) is 3.61. The number of halogens is 2. The van der Waals surface area contributed by atoms with E-state index in [0.29, 0.717) is 23.2 Å². The molecule has 9 heteroatoms. The quantitative estimate of drug-likeness (QED) is 0.500. The predicted octanol–water partition coefficient (Wildman–Crippen LogP) is 3.90. The van der Waals surface area contributed by atoms with Gasteiger partial charge < -0.3 is 10.2 Å². The van der Waals surface area contributed by atoms with Crippen LogP contribution >= 0.6 is 0 Å². The molecule has 0 radical (unpaired) electrons. The number of fused-ring (bicyclic) bond motifs is 2. The third-order valence-electron chi connectivity index (χ3n) is 6.93. The molecule has 174 valence electrons. The van der Waals surface area contributed by atoms with E-state index in [2.05, 4.69) is 20.4 Å². The van der Waals surface area contributed by atoms with E-state index in [0.717, 1.165) is 44.0 Å². The number of carbonyl (C=O) groups is 1. The Morgan fingerprint density at radius 2 is 2.00 bits per heavy atom. The molecule has 0 aliphatic carbocycles. The Balaban J connectivity index is 1.27. The summed E-state index contributed by atoms with van der Waals surface area (Å²) in [4.78, 5) is 15.2. The fourth-order valence-corrected chi connectivity index (χ4v) is 5.23. The van der Waals surface area contributed by atoms with Gasteiger partial charge in [0, 0.05) is 41.9 Å². The summed E-state index contributed by atoms with van der Waals surface area (Å²) in [7, 11) is 0. The van der Waals surface area contributed by atoms with Crippen LogP contribution in [0.1, 0.15) is 46.9 Å². The van der Waals surface area contributed by atoms with E-state index in [1.165, 1.54) is 17.8 Å². The number of carbonyl (C=O) groups excluding carboxylic acids is 1. The Morgan fingerprint density at radius 1 is 1.09 bits per heavy atom. The lowest BCUT2D eigenvalue weighted by Gasteiger charge is -2.27. The molecule has 0 saturated carbocycles. The fraction of sp³-hybridized carbons (Fsp3) is 0.320. The molecule has 3 aromatic heterocycles. The van der Waals surface area contributed by atoms with Crippen molar-refractivity contribution in [2.75, 3.05) is 11.4 Å². The molecule has 2 unspecified atom stereocenters. The average molecular weight is 463 g/mol. The maximum Gasteiger partial charge on any atom is 0.255 e. The number of aromatic nitrogens is 4. The number of hydrogen-bond donors (Lipinski definition) is 1. The van der Waals surface area contributed by atoms with Gasteiger partial charge in [-0.3, -0.25) is 9.48 Å². The highest BCUT2D eigenvalue weighted by atomic mass is 19.1. The second-order valence-corrected chi connectivity index (χ2v) is 9.00. The van der Waals surface area contributed by atoms with Crippen molar-refractivity contribution >= 4 is 17.1 Å². The number of hydrogen-bond acceptors (Lipinski definition) is 4. The van der Waals surface area contributed by atoms with Crippen LogP contribution in [0, 0.1) is 11.6 Å². The Morgan fingerprint density at radius 3 is 2.91 bits per heavy atom. The lowest BCUT2D eigenvalue weighted by molar-refractivity contribution is 0.0928. The van der Waals surface area contributed by atoms with Crippen LogP contribution in [0.15, 0.2) is 55.0 Å². The summed E-state index contributed by atoms with van der Waals surface area (Å²) in [6, 6.07) is 9.15. The summed E-state index contributed by atoms with van der Waals surface area (Å²) in [6.45, 7) is 1.37. The Hall–Kier alpha value is -3.75. The van der Waals surface area contributed by atoms with Gasteiger partial charge in [0.2, 0.25) is 0 Å². The van der Waals surface area contributed by atoms with E-state index in [1.54, 1.807) is 23.1 Å². The van der Waals surface area contributed by atoms with Crippen molar-refractivity contribution in [3.63, 3.8) is 0 Å². The van der Waals surface area contributed by atoms with Crippen LogP contribution in [0.25, 0.3) is 5.52 Å². The molecule has 0 bridgehead atoms. The van der Waals surface area contributed by atoms with E-state index in [-0.39, 0.29) is 18.0 Å². The standard InChI is InChI=1S/C25H24F2N6O/c26-16-3-6-22(27)20(12-16)23-2-1-10-31(23)19-8-11-32-24(13-19)21(14-29-32)25(34)30-17-4-5-18-7-9-28-33(18)15-17/h3,6-9,11-14,17,23H,1-2,4-5,10,15H2,(H,30,34). The minimum atomic E-state index is -0.446. The van der Waals surface area contributed by atoms with Crippen molar-refractivity contribution in [2.24, 2.45) is 0 Å². The summed E-state index contributed by atoms with van der Waals surface area (Å²) in [5.74, 6) is -1.03. The first kappa shape index (κ1) is 20.8. The first-order valence-electron chi connectivity index (χ1n) is 11.6. The highest BCUT2D eigenvalue weighted by molar-refractivity contribution is 6.01. The molecular formula is C25H24F2N6O. The number of nitrogens with zero attached hydrogens (tertiary/aromatic N) is 5. The van der Waals surface area contributed by atoms with E-state index < -0.39 is 11.6 Å². The Labute approximate surface area is 195 Å². The number of amides is 1. The van der Waals surface area contributed by atoms with Gasteiger partial charge in [-0.2, -0.15) is 10.2 Å². The van der Waals surface area contributed by atoms with Gasteiger partial charge in [-0.1, -0.05) is 0 Å². The minimum absolute atomic E-state index is 0.00283. The Bertz CT molecular complexity index is 1380. The van der Waals surface area contributed by atoms with Crippen molar-refractivity contribution in [3.05, 3.63) is 83.4 Å². The SMILES string of the molecule is O=C(NC1CCc2ccnn2C1)c1cnn2ccc(N3CCCC3c3cc(F)ccc3F)cc12. The van der Waals surface area contributed by atoms with E-state index >= 15 is 0 Å². The lowest BCUT2D eigenvalue weighted by Crippen LogP contribution is -2.41. The summed E-state index contributed by atoms with van der Waals surface area (Å²) in [6.07, 6.45) is 8.49. The maximum atomic E-state index is 14.5. The van der Waals surface area contributed by atoms with Gasteiger partial charge >= 0.3 is 0 Å². The normalized spacial score (nSPS) is 20.0. The summed E-state index contributed by atoms with van der Waals surface area (Å²) in [5.41, 5.74) is 3.56. The zero-order chi connectivity index (χ0) is 23.2. The molecule has 6 rings (SSSR count). The van der Waals surface area contributed by atoms with Gasteiger partial charge in [0.15, 0.2) is 0 Å². The Kier molecular flexibility index (Phi) is 5.04. The number of benzene rings is 1. The molecule has 1 aromatic carbocycles. The number of nitrogens with one attached hydrogen (secondary N) is 1. The molecule has 34 heavy (non-hydrogen) atoms. The van der Waals surface area contributed by atoms with Gasteiger partial charge in [0.25, 0.3) is 5.91 Å². The predicted molar refractivity (Wildman–Crippen MR) is 123 cm³/mol. The number of aryl methyl sites for hydroxylation is 1. The van der Waals surface area contributed by atoms with Crippen LogP contribution in [0.3, 0.4) is 0 Å². The highest BCUT2D eigenvalue weighted by Gasteiger charge is 2.29. The lowest BCUT2D eigenvalue weighted by atomic mass is 10.0. The first-order valence-corrected chi connectivity index (χ1v) is 11.6. The molecule has 1 fully saturated rings. The van der Waals surface area contributed by atoms with E-state index in [9.17, 15) is 13.6 Å². The minimum Gasteiger partial charge on any atom is -0.364 e. The van der Waals surface area contributed by atoms with Crippen LogP contribution in [-0.4, -0.2) is 37.9 Å². The fourth-order valence-electron chi connectivity index (χ4n) is 5.23. The van der Waals surface area contributed by atoms with Crippen molar-refractivity contribution in [1.29, 1.82) is 0 Å². The third-order valence-corrected chi connectivity index (χ3v) is 6.93. The van der Waals surface area contributed by atoms with Crippen LogP contribution < -0.4 is 10.2 Å². The molecule has 7 nitrogen and oxygen atoms in total. The highest BCUT2D eigenvalue weighted by Crippen LogP contribution is 2.38. The molecule has 5 heterocycles. The van der Waals surface area contributed by atoms with Crippen LogP contribution in [0.5, 0.6) is 0 Å². The summed E-state index contributed by atoms with van der Waals surface area (Å²) in [5, 5.41) is 11.8. The molecule has 2 atom stereocenters. The van der Waals surface area contributed by atoms with Gasteiger partial charge in [0.05, 0.1) is 29.9 Å². The van der Waals surface area contributed by atoms with Crippen LogP contribution in [0.4, 0.5) is 14.5 Å². The first-order chi connectivity index (χ1) is 16.6. The van der Waals surface area contributed by atoms with Crippen molar-refractivity contribution in [3.8, 4) is 0 Å². The zero-order valence-corrected chi connectivity index (χ0v) is 18.5. The molecule has 4 aromatic rings. The van der Waals surface area contributed by atoms with Crippen molar-refractivity contribution in [2.45, 2.75) is 44.3 Å². The van der Waals surface area contributed by atoms with Gasteiger partial charge in [-0.15, -0.1) is 0 Å². The molecule has 1 amide bonds. The molecule has 1 saturated heterocycles. The van der Waals surface area contributed by atoms with Crippen molar-refractivity contribution < 1.29 is 13.6 Å². The van der Waals surface area contributed by atoms with Gasteiger partial charge in [-0.05, 0) is 62.1 Å². The smallest absolute Gasteiger partial charge is 0.255 e. The van der Waals surface area contributed by atoms with E-state index in [4.69, 9.17) is 0 Å². The summed E-state index contributed by atoms with van der Waals surface area (Å²) < 4.78 is 32.0. The molecule has 1 N–H and O–H groups in total. The van der Waals surface area contributed by atoms with E-state index in [1.807, 2.05) is 22.9 Å². The zero-order valence-electron chi connectivity index (χ0n) is 18.5. The molecule has 0 spiro atoms. The average Bonchev–Trinajstić information content (AvgIpc) is 3.59. The summed E-state index contributed by atoms with van der Waals surface area (Å²) >= 11 is 0.